The molecule has 1 aromatic carbocycles. The van der Waals surface area contributed by atoms with E-state index in [0.717, 1.165) is 5.56 Å². The number of carbonyl (C=O) groups is 1. The molecule has 2 N–H and O–H groups in total. The predicted octanol–water partition coefficient (Wildman–Crippen LogP) is 2.63. The van der Waals surface area contributed by atoms with Gasteiger partial charge in [-0.05, 0) is 24.6 Å². The fourth-order valence-corrected chi connectivity index (χ4v) is 1.62. The molecule has 22 heavy (non-hydrogen) atoms. The molecule has 0 aliphatic rings. The van der Waals surface area contributed by atoms with Crippen molar-refractivity contribution >= 4 is 6.03 Å². The van der Waals surface area contributed by atoms with Crippen LogP contribution in [0.2, 0.25) is 0 Å². The van der Waals surface area contributed by atoms with E-state index in [2.05, 4.69) is 15.4 Å². The number of ether oxygens (including phenoxy) is 2. The highest BCUT2D eigenvalue weighted by molar-refractivity contribution is 5.74. The first-order valence-corrected chi connectivity index (χ1v) is 6.64. The zero-order valence-corrected chi connectivity index (χ0v) is 12.4. The Morgan fingerprint density at radius 2 is 1.91 bits per heavy atom. The summed E-state index contributed by atoms with van der Waals surface area (Å²) < 4.78 is 45.5. The average molecular weight is 320 g/mol. The first kappa shape index (κ1) is 18.1. The molecule has 5 nitrogen and oxygen atoms in total. The minimum atomic E-state index is -4.37. The van der Waals surface area contributed by atoms with Crippen molar-refractivity contribution in [2.24, 2.45) is 0 Å². The van der Waals surface area contributed by atoms with Crippen molar-refractivity contribution in [2.75, 3.05) is 26.9 Å². The summed E-state index contributed by atoms with van der Waals surface area (Å²) in [5.74, 6) is 0.123. The lowest BCUT2D eigenvalue weighted by molar-refractivity contribution is -0.153. The van der Waals surface area contributed by atoms with Crippen LogP contribution in [-0.2, 0) is 4.74 Å². The van der Waals surface area contributed by atoms with Gasteiger partial charge in [-0.1, -0.05) is 12.1 Å². The first-order valence-electron chi connectivity index (χ1n) is 6.64. The highest BCUT2D eigenvalue weighted by atomic mass is 19.4. The number of rotatable bonds is 7. The molecule has 0 bridgehead atoms. The Morgan fingerprint density at radius 1 is 1.27 bits per heavy atom. The van der Waals surface area contributed by atoms with E-state index in [-0.39, 0.29) is 17.8 Å². The van der Waals surface area contributed by atoms with Crippen molar-refractivity contribution in [1.29, 1.82) is 0 Å². The van der Waals surface area contributed by atoms with Crippen LogP contribution in [0.4, 0.5) is 18.0 Å². The van der Waals surface area contributed by atoms with Gasteiger partial charge in [-0.25, -0.2) is 4.79 Å². The topological polar surface area (TPSA) is 59.6 Å². The van der Waals surface area contributed by atoms with Crippen LogP contribution in [0.15, 0.2) is 24.3 Å². The summed E-state index contributed by atoms with van der Waals surface area (Å²) in [6.07, 6.45) is -4.37. The number of amides is 2. The third-order valence-corrected chi connectivity index (χ3v) is 2.72. The van der Waals surface area contributed by atoms with Crippen molar-refractivity contribution in [3.63, 3.8) is 0 Å². The van der Waals surface area contributed by atoms with Gasteiger partial charge in [-0.2, -0.15) is 13.2 Å². The second-order valence-corrected chi connectivity index (χ2v) is 4.59. The van der Waals surface area contributed by atoms with E-state index in [9.17, 15) is 18.0 Å². The zero-order chi connectivity index (χ0) is 16.6. The SMILES string of the molecule is COCCNC(=O)NC(C)c1ccc(OCC(F)(F)F)cc1. The Balaban J connectivity index is 2.46. The standard InChI is InChI=1S/C14H19F3N2O3/c1-10(19-13(20)18-7-8-21-2)11-3-5-12(6-4-11)22-9-14(15,16)17/h3-6,10H,7-9H2,1-2H3,(H2,18,19,20). The molecule has 1 atom stereocenters. The van der Waals surface area contributed by atoms with Crippen LogP contribution in [0.5, 0.6) is 5.75 Å². The van der Waals surface area contributed by atoms with Gasteiger partial charge in [0.25, 0.3) is 0 Å². The summed E-state index contributed by atoms with van der Waals surface area (Å²) in [4.78, 5) is 11.6. The number of alkyl halides is 3. The lowest BCUT2D eigenvalue weighted by atomic mass is 10.1. The van der Waals surface area contributed by atoms with E-state index in [1.54, 1.807) is 19.1 Å². The maximum atomic E-state index is 12.0. The number of urea groups is 1. The third kappa shape index (κ3) is 7.16. The third-order valence-electron chi connectivity index (χ3n) is 2.72. The predicted molar refractivity (Wildman–Crippen MR) is 74.8 cm³/mol. The van der Waals surface area contributed by atoms with Crippen LogP contribution in [0.25, 0.3) is 0 Å². The maximum absolute atomic E-state index is 12.0. The fraction of sp³-hybridized carbons (Fsp3) is 0.500. The summed E-state index contributed by atoms with van der Waals surface area (Å²) in [5, 5.41) is 5.31. The lowest BCUT2D eigenvalue weighted by Crippen LogP contribution is -2.38. The van der Waals surface area contributed by atoms with E-state index in [1.165, 1.54) is 19.2 Å². The highest BCUT2D eigenvalue weighted by Crippen LogP contribution is 2.20. The molecule has 0 heterocycles. The normalized spacial score (nSPS) is 12.6. The molecule has 0 radical (unpaired) electrons. The van der Waals surface area contributed by atoms with Crippen molar-refractivity contribution < 1.29 is 27.4 Å². The molecular formula is C14H19F3N2O3. The number of hydrogen-bond acceptors (Lipinski definition) is 3. The zero-order valence-electron chi connectivity index (χ0n) is 12.4. The number of methoxy groups -OCH3 is 1. The molecule has 1 aromatic rings. The largest absolute Gasteiger partial charge is 0.484 e. The molecule has 0 aromatic heterocycles. The van der Waals surface area contributed by atoms with Crippen LogP contribution in [-0.4, -0.2) is 39.1 Å². The number of benzene rings is 1. The summed E-state index contributed by atoms with van der Waals surface area (Å²) in [5.41, 5.74) is 0.751. The molecule has 0 spiro atoms. The van der Waals surface area contributed by atoms with Gasteiger partial charge in [-0.3, -0.25) is 0 Å². The second-order valence-electron chi connectivity index (χ2n) is 4.59. The Kier molecular flexibility index (Phi) is 6.97. The molecule has 0 saturated heterocycles. The number of nitrogens with one attached hydrogen (secondary N) is 2. The quantitative estimate of drug-likeness (QED) is 0.759. The lowest BCUT2D eigenvalue weighted by Gasteiger charge is -2.16. The minimum absolute atomic E-state index is 0.123. The Bertz CT molecular complexity index is 463. The van der Waals surface area contributed by atoms with Crippen LogP contribution in [0.3, 0.4) is 0 Å². The first-order chi connectivity index (χ1) is 10.3. The van der Waals surface area contributed by atoms with Crippen LogP contribution >= 0.6 is 0 Å². The van der Waals surface area contributed by atoms with Gasteiger partial charge in [0, 0.05) is 13.7 Å². The summed E-state index contributed by atoms with van der Waals surface area (Å²) >= 11 is 0. The van der Waals surface area contributed by atoms with Gasteiger partial charge < -0.3 is 20.1 Å². The van der Waals surface area contributed by atoms with Crippen LogP contribution in [0.1, 0.15) is 18.5 Å². The van der Waals surface area contributed by atoms with Crippen molar-refractivity contribution in [1.82, 2.24) is 10.6 Å². The molecule has 124 valence electrons. The minimum Gasteiger partial charge on any atom is -0.484 e. The summed E-state index contributed by atoms with van der Waals surface area (Å²) in [6.45, 7) is 1.23. The maximum Gasteiger partial charge on any atom is 0.422 e. The molecule has 0 saturated carbocycles. The van der Waals surface area contributed by atoms with Crippen LogP contribution in [0, 0.1) is 0 Å². The van der Waals surface area contributed by atoms with Gasteiger partial charge >= 0.3 is 12.2 Å². The molecule has 1 rings (SSSR count). The average Bonchev–Trinajstić information content (AvgIpc) is 2.45. The van der Waals surface area contributed by atoms with E-state index < -0.39 is 12.8 Å². The Hall–Kier alpha value is -1.96. The van der Waals surface area contributed by atoms with Gasteiger partial charge in [-0.15, -0.1) is 0 Å². The smallest absolute Gasteiger partial charge is 0.422 e. The highest BCUT2D eigenvalue weighted by Gasteiger charge is 2.28. The second kappa shape index (κ2) is 8.47. The molecule has 8 heteroatoms. The van der Waals surface area contributed by atoms with Crippen molar-refractivity contribution in [2.45, 2.75) is 19.1 Å². The molecule has 0 aliphatic carbocycles. The van der Waals surface area contributed by atoms with Gasteiger partial charge in [0.15, 0.2) is 6.61 Å². The van der Waals surface area contributed by atoms with E-state index in [0.29, 0.717) is 13.2 Å². The monoisotopic (exact) mass is 320 g/mol. The number of carbonyl (C=O) groups excluding carboxylic acids is 1. The molecular weight excluding hydrogens is 301 g/mol. The fourth-order valence-electron chi connectivity index (χ4n) is 1.62. The van der Waals surface area contributed by atoms with Crippen molar-refractivity contribution in [3.8, 4) is 5.75 Å². The molecule has 1 unspecified atom stereocenters. The van der Waals surface area contributed by atoms with E-state index in [4.69, 9.17) is 4.74 Å². The summed E-state index contributed by atoms with van der Waals surface area (Å²) in [7, 11) is 1.53. The molecule has 0 aliphatic heterocycles. The Labute approximate surface area is 126 Å². The summed E-state index contributed by atoms with van der Waals surface area (Å²) in [6, 6.07) is 5.43. The van der Waals surface area contributed by atoms with Gasteiger partial charge in [0.2, 0.25) is 0 Å². The Morgan fingerprint density at radius 3 is 2.45 bits per heavy atom. The van der Waals surface area contributed by atoms with Gasteiger partial charge in [0.1, 0.15) is 5.75 Å². The number of halogens is 3. The molecule has 2 amide bonds. The number of hydrogen-bond donors (Lipinski definition) is 2. The van der Waals surface area contributed by atoms with Gasteiger partial charge in [0.05, 0.1) is 12.6 Å². The molecule has 0 fully saturated rings. The van der Waals surface area contributed by atoms with E-state index >= 15 is 0 Å². The van der Waals surface area contributed by atoms with Crippen molar-refractivity contribution in [3.05, 3.63) is 29.8 Å². The van der Waals surface area contributed by atoms with Crippen LogP contribution < -0.4 is 15.4 Å². The van der Waals surface area contributed by atoms with E-state index in [1.807, 2.05) is 0 Å².